The van der Waals surface area contributed by atoms with E-state index in [0.717, 1.165) is 48.6 Å². The Morgan fingerprint density at radius 1 is 1.22 bits per heavy atom. The van der Waals surface area contributed by atoms with Gasteiger partial charge in [0.2, 0.25) is 0 Å². The first-order chi connectivity index (χ1) is 13.2. The van der Waals surface area contributed by atoms with Crippen LogP contribution in [0.25, 0.3) is 0 Å². The summed E-state index contributed by atoms with van der Waals surface area (Å²) in [7, 11) is 0. The standard InChI is InChI=1S/C20H22N6O/c1-13-11-25(20(27)19-15-8-5-9-16(15)21-24-19)12-18-23-22-17(26(13)18)10-14-6-3-2-4-7-14/h2-4,6-7,13H,5,8-12H2,1H3,(H,21,24)/t13-/m0/s1. The third kappa shape index (κ3) is 2.74. The molecule has 3 aromatic rings. The van der Waals surface area contributed by atoms with Crippen molar-refractivity contribution in [1.82, 2.24) is 29.9 Å². The maximum absolute atomic E-state index is 13.1. The molecule has 0 saturated heterocycles. The second-order valence-electron chi connectivity index (χ2n) is 7.48. The molecule has 0 saturated carbocycles. The number of aromatic nitrogens is 5. The highest BCUT2D eigenvalue weighted by Crippen LogP contribution is 2.27. The lowest BCUT2D eigenvalue weighted by molar-refractivity contribution is 0.0672. The molecule has 1 atom stereocenters. The monoisotopic (exact) mass is 362 g/mol. The van der Waals surface area contributed by atoms with Crippen LogP contribution in [0.3, 0.4) is 0 Å². The molecule has 7 heteroatoms. The van der Waals surface area contributed by atoms with Crippen LogP contribution >= 0.6 is 0 Å². The van der Waals surface area contributed by atoms with E-state index in [1.165, 1.54) is 5.56 Å². The van der Waals surface area contributed by atoms with E-state index in [0.29, 0.717) is 18.8 Å². The molecule has 1 aromatic carbocycles. The highest BCUT2D eigenvalue weighted by molar-refractivity contribution is 5.94. The van der Waals surface area contributed by atoms with Gasteiger partial charge in [-0.1, -0.05) is 30.3 Å². The van der Waals surface area contributed by atoms with E-state index in [-0.39, 0.29) is 11.9 Å². The molecule has 1 N–H and O–H groups in total. The molecule has 0 radical (unpaired) electrons. The number of carbonyl (C=O) groups excluding carboxylic acids is 1. The van der Waals surface area contributed by atoms with E-state index in [2.05, 4.69) is 44.0 Å². The van der Waals surface area contributed by atoms with Gasteiger partial charge in [0.1, 0.15) is 5.82 Å². The predicted octanol–water partition coefficient (Wildman–Crippen LogP) is 2.30. The van der Waals surface area contributed by atoms with Gasteiger partial charge in [0.05, 0.1) is 12.6 Å². The molecule has 138 valence electrons. The minimum atomic E-state index is 0.000101. The number of aromatic amines is 1. The molecule has 1 aliphatic heterocycles. The van der Waals surface area contributed by atoms with Gasteiger partial charge in [0, 0.05) is 24.2 Å². The fraction of sp³-hybridized carbons (Fsp3) is 0.400. The van der Waals surface area contributed by atoms with E-state index in [1.807, 2.05) is 23.1 Å². The van der Waals surface area contributed by atoms with E-state index in [9.17, 15) is 4.79 Å². The molecule has 2 aliphatic rings. The van der Waals surface area contributed by atoms with Crippen LogP contribution < -0.4 is 0 Å². The van der Waals surface area contributed by atoms with Gasteiger partial charge in [-0.05, 0) is 31.7 Å². The fourth-order valence-electron chi connectivity index (χ4n) is 4.31. The Morgan fingerprint density at radius 3 is 2.93 bits per heavy atom. The van der Waals surface area contributed by atoms with Crippen molar-refractivity contribution in [2.24, 2.45) is 0 Å². The number of nitrogens with zero attached hydrogens (tertiary/aromatic N) is 5. The quantitative estimate of drug-likeness (QED) is 0.775. The molecule has 2 aromatic heterocycles. The van der Waals surface area contributed by atoms with Gasteiger partial charge in [0.25, 0.3) is 5.91 Å². The average Bonchev–Trinajstić information content (AvgIpc) is 3.38. The van der Waals surface area contributed by atoms with Gasteiger partial charge in [-0.3, -0.25) is 9.89 Å². The largest absolute Gasteiger partial charge is 0.328 e. The van der Waals surface area contributed by atoms with Gasteiger partial charge >= 0.3 is 0 Å². The van der Waals surface area contributed by atoms with Crippen LogP contribution in [0.5, 0.6) is 0 Å². The zero-order valence-electron chi connectivity index (χ0n) is 15.4. The van der Waals surface area contributed by atoms with Gasteiger partial charge in [-0.25, -0.2) is 0 Å². The molecule has 0 spiro atoms. The van der Waals surface area contributed by atoms with Crippen molar-refractivity contribution in [2.75, 3.05) is 6.54 Å². The van der Waals surface area contributed by atoms with E-state index in [4.69, 9.17) is 0 Å². The Balaban J connectivity index is 1.39. The summed E-state index contributed by atoms with van der Waals surface area (Å²) < 4.78 is 2.19. The molecule has 0 unspecified atom stereocenters. The molecule has 0 bridgehead atoms. The average molecular weight is 362 g/mol. The number of H-pyrrole nitrogens is 1. The summed E-state index contributed by atoms with van der Waals surface area (Å²) >= 11 is 0. The minimum Gasteiger partial charge on any atom is -0.328 e. The number of rotatable bonds is 3. The second-order valence-corrected chi connectivity index (χ2v) is 7.48. The number of hydrogen-bond acceptors (Lipinski definition) is 4. The molecule has 7 nitrogen and oxygen atoms in total. The summed E-state index contributed by atoms with van der Waals surface area (Å²) in [5, 5.41) is 16.1. The van der Waals surface area contributed by atoms with Crippen molar-refractivity contribution in [3.8, 4) is 0 Å². The van der Waals surface area contributed by atoms with Gasteiger partial charge < -0.3 is 9.47 Å². The molecule has 3 heterocycles. The summed E-state index contributed by atoms with van der Waals surface area (Å²) in [6.07, 6.45) is 3.77. The Bertz CT molecular complexity index is 989. The number of fused-ring (bicyclic) bond motifs is 2. The zero-order valence-corrected chi connectivity index (χ0v) is 15.4. The fourth-order valence-corrected chi connectivity index (χ4v) is 4.31. The third-order valence-corrected chi connectivity index (χ3v) is 5.60. The number of benzene rings is 1. The number of hydrogen-bond donors (Lipinski definition) is 1. The first-order valence-electron chi connectivity index (χ1n) is 9.52. The van der Waals surface area contributed by atoms with Crippen molar-refractivity contribution in [1.29, 1.82) is 0 Å². The maximum atomic E-state index is 13.1. The SMILES string of the molecule is C[C@H]1CN(C(=O)c2n[nH]c3c2CCC3)Cc2nnc(Cc3ccccc3)n21. The van der Waals surface area contributed by atoms with Crippen LogP contribution in [0.1, 0.15) is 58.3 Å². The van der Waals surface area contributed by atoms with Gasteiger partial charge in [0.15, 0.2) is 11.5 Å². The molecule has 5 rings (SSSR count). The van der Waals surface area contributed by atoms with Crippen molar-refractivity contribution < 1.29 is 4.79 Å². The van der Waals surface area contributed by atoms with Crippen LogP contribution in [-0.4, -0.2) is 42.3 Å². The minimum absolute atomic E-state index is 0.000101. The van der Waals surface area contributed by atoms with E-state index >= 15 is 0 Å². The number of aryl methyl sites for hydroxylation is 1. The zero-order chi connectivity index (χ0) is 18.4. The van der Waals surface area contributed by atoms with Crippen LogP contribution in [0.4, 0.5) is 0 Å². The Morgan fingerprint density at radius 2 is 2.07 bits per heavy atom. The molecule has 27 heavy (non-hydrogen) atoms. The van der Waals surface area contributed by atoms with Crippen molar-refractivity contribution in [3.63, 3.8) is 0 Å². The summed E-state index contributed by atoms with van der Waals surface area (Å²) in [5.41, 5.74) is 4.03. The summed E-state index contributed by atoms with van der Waals surface area (Å²) in [6.45, 7) is 3.25. The highest BCUT2D eigenvalue weighted by atomic mass is 16.2. The van der Waals surface area contributed by atoms with Crippen LogP contribution in [0, 0.1) is 0 Å². The normalized spacial score (nSPS) is 18.4. The topological polar surface area (TPSA) is 79.7 Å². The van der Waals surface area contributed by atoms with Crippen molar-refractivity contribution >= 4 is 5.91 Å². The van der Waals surface area contributed by atoms with E-state index < -0.39 is 0 Å². The van der Waals surface area contributed by atoms with Crippen LogP contribution in [-0.2, 0) is 25.8 Å². The molecule has 1 aliphatic carbocycles. The van der Waals surface area contributed by atoms with Crippen LogP contribution in [0.2, 0.25) is 0 Å². The third-order valence-electron chi connectivity index (χ3n) is 5.60. The predicted molar refractivity (Wildman–Crippen MR) is 99.3 cm³/mol. The number of nitrogens with one attached hydrogen (secondary N) is 1. The lowest BCUT2D eigenvalue weighted by Gasteiger charge is -2.32. The summed E-state index contributed by atoms with van der Waals surface area (Å²) in [6, 6.07) is 10.4. The smallest absolute Gasteiger partial charge is 0.275 e. The van der Waals surface area contributed by atoms with Crippen molar-refractivity contribution in [3.05, 3.63) is 64.5 Å². The Hall–Kier alpha value is -2.96. The second kappa shape index (κ2) is 6.33. The van der Waals surface area contributed by atoms with Crippen LogP contribution in [0.15, 0.2) is 30.3 Å². The van der Waals surface area contributed by atoms with Crippen molar-refractivity contribution in [2.45, 2.75) is 45.2 Å². The van der Waals surface area contributed by atoms with Gasteiger partial charge in [-0.15, -0.1) is 10.2 Å². The Kier molecular flexibility index (Phi) is 3.81. The number of amides is 1. The molecule has 1 amide bonds. The number of carbonyl (C=O) groups is 1. The first kappa shape index (κ1) is 16.2. The highest BCUT2D eigenvalue weighted by Gasteiger charge is 2.32. The molecule has 0 fully saturated rings. The van der Waals surface area contributed by atoms with E-state index in [1.54, 1.807) is 0 Å². The maximum Gasteiger partial charge on any atom is 0.275 e. The van der Waals surface area contributed by atoms with Gasteiger partial charge in [-0.2, -0.15) is 5.10 Å². The summed E-state index contributed by atoms with van der Waals surface area (Å²) in [5.74, 6) is 1.80. The summed E-state index contributed by atoms with van der Waals surface area (Å²) in [4.78, 5) is 14.9. The lowest BCUT2D eigenvalue weighted by atomic mass is 10.1. The molecular weight excluding hydrogens is 340 g/mol. The first-order valence-corrected chi connectivity index (χ1v) is 9.52. The molecular formula is C20H22N6O. The lowest BCUT2D eigenvalue weighted by Crippen LogP contribution is -2.41. The Labute approximate surface area is 157 Å².